The lowest BCUT2D eigenvalue weighted by Crippen LogP contribution is -2.23. The van der Waals surface area contributed by atoms with Gasteiger partial charge in [-0.3, -0.25) is 0 Å². The Morgan fingerprint density at radius 1 is 1.56 bits per heavy atom. The van der Waals surface area contributed by atoms with Crippen LogP contribution in [0, 0.1) is 0 Å². The van der Waals surface area contributed by atoms with Crippen LogP contribution in [0.1, 0.15) is 30.2 Å². The van der Waals surface area contributed by atoms with Gasteiger partial charge in [0.15, 0.2) is 5.69 Å². The summed E-state index contributed by atoms with van der Waals surface area (Å²) in [6.07, 6.45) is 1.24. The zero-order chi connectivity index (χ0) is 11.6. The summed E-state index contributed by atoms with van der Waals surface area (Å²) in [6, 6.07) is 0. The summed E-state index contributed by atoms with van der Waals surface area (Å²) in [4.78, 5) is 15.3. The van der Waals surface area contributed by atoms with Crippen LogP contribution >= 0.6 is 0 Å². The fraction of sp³-hybridized carbons (Fsp3) is 0.600. The molecule has 2 rings (SSSR count). The van der Waals surface area contributed by atoms with Gasteiger partial charge in [-0.2, -0.15) is 0 Å². The van der Waals surface area contributed by atoms with Crippen molar-refractivity contribution in [2.45, 2.75) is 19.6 Å². The SMILES string of the molecule is CCOC(=O)c1coc(C2(C)OCCO2)n1. The van der Waals surface area contributed by atoms with E-state index in [1.165, 1.54) is 6.26 Å². The Labute approximate surface area is 92.5 Å². The topological polar surface area (TPSA) is 70.8 Å². The number of hydrogen-bond donors (Lipinski definition) is 0. The van der Waals surface area contributed by atoms with Crippen molar-refractivity contribution in [1.29, 1.82) is 0 Å². The third kappa shape index (κ3) is 1.94. The van der Waals surface area contributed by atoms with Crippen molar-refractivity contribution in [2.24, 2.45) is 0 Å². The minimum Gasteiger partial charge on any atom is -0.461 e. The van der Waals surface area contributed by atoms with Crippen molar-refractivity contribution in [2.75, 3.05) is 19.8 Å². The average Bonchev–Trinajstić information content (AvgIpc) is 2.86. The smallest absolute Gasteiger partial charge is 0.360 e. The van der Waals surface area contributed by atoms with Crippen LogP contribution in [0.4, 0.5) is 0 Å². The zero-order valence-electron chi connectivity index (χ0n) is 9.19. The van der Waals surface area contributed by atoms with Gasteiger partial charge in [-0.15, -0.1) is 0 Å². The minimum absolute atomic E-state index is 0.122. The third-order valence-corrected chi connectivity index (χ3v) is 2.22. The molecule has 0 unspecified atom stereocenters. The molecule has 1 aliphatic heterocycles. The van der Waals surface area contributed by atoms with E-state index in [-0.39, 0.29) is 11.6 Å². The Morgan fingerprint density at radius 3 is 2.88 bits per heavy atom. The van der Waals surface area contributed by atoms with Crippen LogP contribution in [0.2, 0.25) is 0 Å². The first-order valence-electron chi connectivity index (χ1n) is 5.07. The van der Waals surface area contributed by atoms with E-state index in [9.17, 15) is 4.79 Å². The lowest BCUT2D eigenvalue weighted by atomic mass is 10.3. The van der Waals surface area contributed by atoms with E-state index >= 15 is 0 Å². The highest BCUT2D eigenvalue weighted by molar-refractivity contribution is 5.86. The average molecular weight is 227 g/mol. The molecule has 88 valence electrons. The molecular weight excluding hydrogens is 214 g/mol. The van der Waals surface area contributed by atoms with Gasteiger partial charge in [0.25, 0.3) is 5.89 Å². The third-order valence-electron chi connectivity index (χ3n) is 2.22. The Morgan fingerprint density at radius 2 is 2.25 bits per heavy atom. The van der Waals surface area contributed by atoms with Gasteiger partial charge in [-0.1, -0.05) is 0 Å². The van der Waals surface area contributed by atoms with E-state index < -0.39 is 11.8 Å². The van der Waals surface area contributed by atoms with Gasteiger partial charge < -0.3 is 18.6 Å². The first kappa shape index (κ1) is 11.1. The van der Waals surface area contributed by atoms with Crippen molar-refractivity contribution >= 4 is 5.97 Å². The fourth-order valence-corrected chi connectivity index (χ4v) is 1.42. The van der Waals surface area contributed by atoms with Gasteiger partial charge >= 0.3 is 5.97 Å². The second-order valence-electron chi connectivity index (χ2n) is 3.40. The molecule has 0 spiro atoms. The number of carbonyl (C=O) groups is 1. The maximum absolute atomic E-state index is 11.4. The van der Waals surface area contributed by atoms with E-state index in [4.69, 9.17) is 18.6 Å². The molecule has 0 bridgehead atoms. The predicted molar refractivity (Wildman–Crippen MR) is 51.7 cm³/mol. The first-order chi connectivity index (χ1) is 7.65. The molecule has 2 heterocycles. The number of esters is 1. The van der Waals surface area contributed by atoms with E-state index in [0.29, 0.717) is 19.8 Å². The Kier molecular flexibility index (Phi) is 2.93. The molecule has 0 aromatic carbocycles. The van der Waals surface area contributed by atoms with Gasteiger partial charge in [0.1, 0.15) is 6.26 Å². The maximum Gasteiger partial charge on any atom is 0.360 e. The van der Waals surface area contributed by atoms with Crippen molar-refractivity contribution in [3.63, 3.8) is 0 Å². The van der Waals surface area contributed by atoms with Crippen molar-refractivity contribution in [3.8, 4) is 0 Å². The predicted octanol–water partition coefficient (Wildman–Crippen LogP) is 1.07. The molecule has 0 saturated carbocycles. The number of carbonyl (C=O) groups excluding carboxylic acids is 1. The van der Waals surface area contributed by atoms with E-state index in [1.807, 2.05) is 0 Å². The zero-order valence-corrected chi connectivity index (χ0v) is 9.19. The molecule has 6 nitrogen and oxygen atoms in total. The molecule has 1 fully saturated rings. The molecule has 0 radical (unpaired) electrons. The highest BCUT2D eigenvalue weighted by Crippen LogP contribution is 2.29. The van der Waals surface area contributed by atoms with Gasteiger partial charge in [0.2, 0.25) is 5.79 Å². The number of oxazole rings is 1. The molecule has 0 aliphatic carbocycles. The quantitative estimate of drug-likeness (QED) is 0.719. The van der Waals surface area contributed by atoms with Crippen molar-refractivity contribution < 1.29 is 23.4 Å². The van der Waals surface area contributed by atoms with Crippen LogP contribution in [-0.4, -0.2) is 30.8 Å². The Bertz CT molecular complexity index is 380. The second kappa shape index (κ2) is 4.23. The summed E-state index contributed by atoms with van der Waals surface area (Å²) < 4.78 is 20.6. The normalized spacial score (nSPS) is 18.6. The highest BCUT2D eigenvalue weighted by atomic mass is 16.7. The van der Waals surface area contributed by atoms with E-state index in [1.54, 1.807) is 13.8 Å². The molecule has 6 heteroatoms. The molecule has 0 N–H and O–H groups in total. The highest BCUT2D eigenvalue weighted by Gasteiger charge is 2.38. The molecule has 1 aliphatic rings. The van der Waals surface area contributed by atoms with Gasteiger partial charge in [-0.05, 0) is 13.8 Å². The van der Waals surface area contributed by atoms with Crippen LogP contribution in [0.5, 0.6) is 0 Å². The number of aromatic nitrogens is 1. The second-order valence-corrected chi connectivity index (χ2v) is 3.40. The maximum atomic E-state index is 11.4. The van der Waals surface area contributed by atoms with Gasteiger partial charge in [0, 0.05) is 0 Å². The first-order valence-corrected chi connectivity index (χ1v) is 5.07. The standard InChI is InChI=1S/C10H13NO5/c1-3-13-8(12)7-6-14-9(11-7)10(2)15-4-5-16-10/h6H,3-5H2,1-2H3. The van der Waals surface area contributed by atoms with Crippen molar-refractivity contribution in [3.05, 3.63) is 17.8 Å². The Balaban J connectivity index is 2.16. The molecule has 1 aromatic rings. The summed E-state index contributed by atoms with van der Waals surface area (Å²) in [5.74, 6) is -1.28. The molecule has 0 amide bonds. The lowest BCUT2D eigenvalue weighted by molar-refractivity contribution is -0.166. The largest absolute Gasteiger partial charge is 0.461 e. The Hall–Kier alpha value is -1.40. The van der Waals surface area contributed by atoms with E-state index in [0.717, 1.165) is 0 Å². The summed E-state index contributed by atoms with van der Waals surface area (Å²) in [6.45, 7) is 4.68. The number of rotatable bonds is 3. The van der Waals surface area contributed by atoms with Gasteiger partial charge in [-0.25, -0.2) is 9.78 Å². The molecule has 16 heavy (non-hydrogen) atoms. The fourth-order valence-electron chi connectivity index (χ4n) is 1.42. The summed E-state index contributed by atoms with van der Waals surface area (Å²) in [7, 11) is 0. The van der Waals surface area contributed by atoms with Crippen LogP contribution in [0.15, 0.2) is 10.7 Å². The van der Waals surface area contributed by atoms with Crippen LogP contribution < -0.4 is 0 Å². The van der Waals surface area contributed by atoms with Crippen LogP contribution in [0.3, 0.4) is 0 Å². The van der Waals surface area contributed by atoms with E-state index in [2.05, 4.69) is 4.98 Å². The molecule has 1 aromatic heterocycles. The van der Waals surface area contributed by atoms with Crippen LogP contribution in [-0.2, 0) is 20.0 Å². The summed E-state index contributed by atoms with van der Waals surface area (Å²) in [5.41, 5.74) is 0.122. The van der Waals surface area contributed by atoms with Gasteiger partial charge in [0.05, 0.1) is 19.8 Å². The number of hydrogen-bond acceptors (Lipinski definition) is 6. The van der Waals surface area contributed by atoms with Crippen LogP contribution in [0.25, 0.3) is 0 Å². The molecular formula is C10H13NO5. The monoisotopic (exact) mass is 227 g/mol. The summed E-state index contributed by atoms with van der Waals surface area (Å²) >= 11 is 0. The number of nitrogens with zero attached hydrogens (tertiary/aromatic N) is 1. The minimum atomic E-state index is -0.995. The molecule has 1 saturated heterocycles. The summed E-state index contributed by atoms with van der Waals surface area (Å²) in [5, 5.41) is 0. The lowest BCUT2D eigenvalue weighted by Gasteiger charge is -2.16. The molecule has 0 atom stereocenters. The number of ether oxygens (including phenoxy) is 3. The van der Waals surface area contributed by atoms with Crippen molar-refractivity contribution in [1.82, 2.24) is 4.98 Å².